The number of urea groups is 1. The fourth-order valence-electron chi connectivity index (χ4n) is 3.65. The highest BCUT2D eigenvalue weighted by molar-refractivity contribution is 9.10. The number of alkyl halides is 3. The van der Waals surface area contributed by atoms with Gasteiger partial charge in [-0.2, -0.15) is 13.2 Å². The number of anilines is 1. The van der Waals surface area contributed by atoms with Crippen molar-refractivity contribution in [2.75, 3.05) is 4.90 Å². The molecule has 1 fully saturated rings. The molecule has 0 radical (unpaired) electrons. The van der Waals surface area contributed by atoms with Crippen molar-refractivity contribution in [1.82, 2.24) is 5.32 Å². The Morgan fingerprint density at radius 1 is 0.974 bits per heavy atom. The van der Waals surface area contributed by atoms with Crippen LogP contribution in [0.4, 0.5) is 29.3 Å². The molecule has 0 aliphatic carbocycles. The summed E-state index contributed by atoms with van der Waals surface area (Å²) in [5.41, 5.74) is -0.0275. The number of nitro benzene ring substituents is 1. The van der Waals surface area contributed by atoms with Crippen LogP contribution >= 0.6 is 15.9 Å². The smallest absolute Gasteiger partial charge is 0.416 e. The van der Waals surface area contributed by atoms with Gasteiger partial charge in [-0.05, 0) is 88.9 Å². The second-order valence-electron chi connectivity index (χ2n) is 8.46. The number of hydrogen-bond donors (Lipinski definition) is 1. The van der Waals surface area contributed by atoms with E-state index in [2.05, 4.69) is 21.2 Å². The van der Waals surface area contributed by atoms with Gasteiger partial charge in [-0.25, -0.2) is 9.69 Å². The third-order valence-electron chi connectivity index (χ3n) is 5.82. The Balaban J connectivity index is 1.64. The molecule has 4 amide bonds. The van der Waals surface area contributed by atoms with Crippen molar-refractivity contribution in [3.63, 3.8) is 0 Å². The first kappa shape index (κ1) is 27.5. The minimum atomic E-state index is -4.78. The number of amides is 4. The van der Waals surface area contributed by atoms with E-state index in [0.717, 1.165) is 22.1 Å². The number of benzene rings is 3. The number of barbiturate groups is 1. The van der Waals surface area contributed by atoms with Gasteiger partial charge in [-0.1, -0.05) is 12.1 Å². The zero-order chi connectivity index (χ0) is 28.6. The first-order valence-electron chi connectivity index (χ1n) is 11.1. The number of nitrogens with one attached hydrogen (secondary N) is 1. The van der Waals surface area contributed by atoms with Gasteiger partial charge in [0.25, 0.3) is 11.8 Å². The van der Waals surface area contributed by atoms with Crippen LogP contribution in [0.5, 0.6) is 11.5 Å². The first-order valence-corrected chi connectivity index (χ1v) is 11.9. The van der Waals surface area contributed by atoms with Crippen LogP contribution in [-0.2, 0) is 15.8 Å². The molecule has 0 atom stereocenters. The summed E-state index contributed by atoms with van der Waals surface area (Å²) >= 11 is 3.23. The minimum Gasteiger partial charge on any atom is -0.449 e. The van der Waals surface area contributed by atoms with Crippen LogP contribution in [0.15, 0.2) is 64.6 Å². The third kappa shape index (κ3) is 5.67. The van der Waals surface area contributed by atoms with Gasteiger partial charge in [0.1, 0.15) is 11.3 Å². The van der Waals surface area contributed by atoms with Crippen molar-refractivity contribution in [3.05, 3.63) is 97.0 Å². The molecule has 1 aliphatic heterocycles. The Morgan fingerprint density at radius 3 is 2.28 bits per heavy atom. The van der Waals surface area contributed by atoms with E-state index in [1.54, 1.807) is 18.2 Å². The number of nitro groups is 1. The molecule has 0 saturated carbocycles. The Bertz CT molecular complexity index is 1590. The summed E-state index contributed by atoms with van der Waals surface area (Å²) in [7, 11) is 0. The Labute approximate surface area is 227 Å². The molecule has 9 nitrogen and oxygen atoms in total. The second kappa shape index (κ2) is 10.3. The van der Waals surface area contributed by atoms with E-state index in [1.807, 2.05) is 13.8 Å². The number of ether oxygens (including phenoxy) is 1. The third-order valence-corrected chi connectivity index (χ3v) is 6.44. The summed E-state index contributed by atoms with van der Waals surface area (Å²) in [5, 5.41) is 13.5. The number of rotatable bonds is 5. The van der Waals surface area contributed by atoms with Crippen molar-refractivity contribution >= 4 is 51.2 Å². The van der Waals surface area contributed by atoms with Crippen LogP contribution in [-0.4, -0.2) is 22.8 Å². The molecule has 4 rings (SSSR count). The summed E-state index contributed by atoms with van der Waals surface area (Å²) in [4.78, 5) is 49.3. The molecular formula is C26H17BrF3N3O6. The molecule has 13 heteroatoms. The van der Waals surface area contributed by atoms with Gasteiger partial charge < -0.3 is 4.74 Å². The van der Waals surface area contributed by atoms with E-state index < -0.39 is 45.9 Å². The highest BCUT2D eigenvalue weighted by Crippen LogP contribution is 2.39. The number of aryl methyl sites for hydroxylation is 2. The number of nitrogens with zero attached hydrogens (tertiary/aromatic N) is 2. The highest BCUT2D eigenvalue weighted by Gasteiger charge is 2.37. The molecular weight excluding hydrogens is 587 g/mol. The van der Waals surface area contributed by atoms with Gasteiger partial charge in [-0.3, -0.25) is 25.0 Å². The van der Waals surface area contributed by atoms with E-state index in [0.29, 0.717) is 17.7 Å². The van der Waals surface area contributed by atoms with E-state index >= 15 is 0 Å². The predicted molar refractivity (Wildman–Crippen MR) is 137 cm³/mol. The number of imide groups is 2. The Morgan fingerprint density at radius 2 is 1.67 bits per heavy atom. The SMILES string of the molecule is Cc1ccc(N2C(=O)NC(=O)/C(=C\c3ccc(Oc4ccc(C(F)(F)F)cc4[N+](=O)[O-])c(Br)c3)C2=O)cc1C. The maximum absolute atomic E-state index is 13.1. The molecule has 1 aliphatic rings. The molecule has 0 spiro atoms. The van der Waals surface area contributed by atoms with Gasteiger partial charge in [0.05, 0.1) is 20.6 Å². The number of carbonyl (C=O) groups is 3. The molecule has 39 heavy (non-hydrogen) atoms. The first-order chi connectivity index (χ1) is 18.3. The number of carbonyl (C=O) groups excluding carboxylic acids is 3. The molecule has 1 N–H and O–H groups in total. The Kier molecular flexibility index (Phi) is 7.29. The lowest BCUT2D eigenvalue weighted by Gasteiger charge is -2.26. The quantitative estimate of drug-likeness (QED) is 0.155. The summed E-state index contributed by atoms with van der Waals surface area (Å²) in [6.07, 6.45) is -3.53. The van der Waals surface area contributed by atoms with Crippen molar-refractivity contribution in [2.24, 2.45) is 0 Å². The normalized spacial score (nSPS) is 15.0. The van der Waals surface area contributed by atoms with Gasteiger partial charge in [0, 0.05) is 6.07 Å². The molecule has 0 bridgehead atoms. The van der Waals surface area contributed by atoms with E-state index in [4.69, 9.17) is 4.74 Å². The monoisotopic (exact) mass is 603 g/mol. The highest BCUT2D eigenvalue weighted by atomic mass is 79.9. The number of hydrogen-bond acceptors (Lipinski definition) is 6. The van der Waals surface area contributed by atoms with Gasteiger partial charge >= 0.3 is 17.9 Å². The summed E-state index contributed by atoms with van der Waals surface area (Å²) in [5.74, 6) is -2.15. The van der Waals surface area contributed by atoms with Crippen LogP contribution in [0.2, 0.25) is 0 Å². The largest absolute Gasteiger partial charge is 0.449 e. The van der Waals surface area contributed by atoms with Crippen LogP contribution < -0.4 is 15.0 Å². The van der Waals surface area contributed by atoms with Crippen molar-refractivity contribution in [1.29, 1.82) is 0 Å². The van der Waals surface area contributed by atoms with Crippen LogP contribution in [0.3, 0.4) is 0 Å². The second-order valence-corrected chi connectivity index (χ2v) is 9.31. The van der Waals surface area contributed by atoms with Crippen LogP contribution in [0.25, 0.3) is 6.08 Å². The van der Waals surface area contributed by atoms with E-state index in [1.165, 1.54) is 24.3 Å². The summed E-state index contributed by atoms with van der Waals surface area (Å²) in [6, 6.07) is 10.1. The predicted octanol–water partition coefficient (Wildman–Crippen LogP) is 6.45. The minimum absolute atomic E-state index is 0.0198. The maximum atomic E-state index is 13.1. The fourth-order valence-corrected chi connectivity index (χ4v) is 4.13. The molecule has 1 saturated heterocycles. The molecule has 200 valence electrons. The van der Waals surface area contributed by atoms with E-state index in [-0.39, 0.29) is 21.5 Å². The molecule has 0 aromatic heterocycles. The average Bonchev–Trinajstić information content (AvgIpc) is 2.84. The van der Waals surface area contributed by atoms with Crippen molar-refractivity contribution in [2.45, 2.75) is 20.0 Å². The maximum Gasteiger partial charge on any atom is 0.416 e. The molecule has 3 aromatic carbocycles. The molecule has 0 unspecified atom stereocenters. The zero-order valence-electron chi connectivity index (χ0n) is 20.1. The fraction of sp³-hybridized carbons (Fsp3) is 0.115. The van der Waals surface area contributed by atoms with E-state index in [9.17, 15) is 37.7 Å². The molecule has 1 heterocycles. The lowest BCUT2D eigenvalue weighted by atomic mass is 10.0. The topological polar surface area (TPSA) is 119 Å². The average molecular weight is 604 g/mol. The van der Waals surface area contributed by atoms with Crippen LogP contribution in [0.1, 0.15) is 22.3 Å². The number of halogens is 4. The summed E-state index contributed by atoms with van der Waals surface area (Å²) in [6.45, 7) is 3.68. The lowest BCUT2D eigenvalue weighted by molar-refractivity contribution is -0.385. The zero-order valence-corrected chi connectivity index (χ0v) is 21.7. The van der Waals surface area contributed by atoms with Gasteiger partial charge in [0.15, 0.2) is 0 Å². The van der Waals surface area contributed by atoms with Gasteiger partial charge in [0.2, 0.25) is 5.75 Å². The lowest BCUT2D eigenvalue weighted by Crippen LogP contribution is -2.54. The van der Waals surface area contributed by atoms with Crippen molar-refractivity contribution < 1.29 is 37.2 Å². The van der Waals surface area contributed by atoms with Crippen LogP contribution in [0, 0.1) is 24.0 Å². The summed E-state index contributed by atoms with van der Waals surface area (Å²) < 4.78 is 44.6. The molecule has 3 aromatic rings. The standard InChI is InChI=1S/C26H17BrF3N3O6/c1-13-3-6-17(9-14(13)2)32-24(35)18(23(34)31-25(32)36)10-15-4-7-21(19(27)11-15)39-22-8-5-16(26(28,29)30)12-20(22)33(37)38/h3-12H,1-2H3,(H,31,34,36)/b18-10+. The Hall–Kier alpha value is -4.52. The van der Waals surface area contributed by atoms with Crippen molar-refractivity contribution in [3.8, 4) is 11.5 Å². The van der Waals surface area contributed by atoms with Gasteiger partial charge in [-0.15, -0.1) is 0 Å².